The average molecular weight is 658 g/mol. The van der Waals surface area contributed by atoms with Gasteiger partial charge in [0.25, 0.3) is 0 Å². The van der Waals surface area contributed by atoms with Crippen molar-refractivity contribution in [2.24, 2.45) is 0 Å². The third-order valence-corrected chi connectivity index (χ3v) is 9.42. The lowest BCUT2D eigenvalue weighted by Crippen LogP contribution is -2.55. The molecule has 1 aromatic heterocycles. The van der Waals surface area contributed by atoms with Gasteiger partial charge in [-0.3, -0.25) is 0 Å². The standard InChI is InChI=1S/C39H51N3O6/c1-22-25(13-16-28(31(22)43)37(4,5)6)19-40-34(46)41(20-26-14-17-29(38(7,8)9)32(44)23(26)2)36(48)42(35(40)47)21-27-15-18-30(39(10,11)12)33(45)24(27)3/h13-18,43-45H,19-21H2,1-12H3. The highest BCUT2D eigenvalue weighted by Crippen LogP contribution is 2.37. The van der Waals surface area contributed by atoms with Gasteiger partial charge in [-0.1, -0.05) is 98.7 Å². The van der Waals surface area contributed by atoms with Crippen LogP contribution in [-0.2, 0) is 35.9 Å². The summed E-state index contributed by atoms with van der Waals surface area (Å²) >= 11 is 0. The minimum Gasteiger partial charge on any atom is -0.507 e. The zero-order valence-electron chi connectivity index (χ0n) is 30.5. The van der Waals surface area contributed by atoms with E-state index >= 15 is 0 Å². The number of hydrogen-bond donors (Lipinski definition) is 3. The number of phenols is 3. The average Bonchev–Trinajstić information content (AvgIpc) is 2.95. The van der Waals surface area contributed by atoms with Crippen LogP contribution in [0.15, 0.2) is 50.8 Å². The second kappa shape index (κ2) is 12.5. The monoisotopic (exact) mass is 657 g/mol. The lowest BCUT2D eigenvalue weighted by atomic mass is 9.84. The molecule has 0 saturated carbocycles. The van der Waals surface area contributed by atoms with Crippen molar-refractivity contribution in [1.82, 2.24) is 13.7 Å². The normalized spacial score (nSPS) is 12.5. The minimum atomic E-state index is -0.804. The Morgan fingerprint density at radius 2 is 0.646 bits per heavy atom. The van der Waals surface area contributed by atoms with E-state index in [1.165, 1.54) is 0 Å². The van der Waals surface area contributed by atoms with Crippen LogP contribution < -0.4 is 17.1 Å². The summed E-state index contributed by atoms with van der Waals surface area (Å²) in [6.45, 7) is 22.6. The van der Waals surface area contributed by atoms with Crippen molar-refractivity contribution in [1.29, 1.82) is 0 Å². The van der Waals surface area contributed by atoms with Gasteiger partial charge in [0.05, 0.1) is 19.6 Å². The van der Waals surface area contributed by atoms with Crippen LogP contribution in [0.2, 0.25) is 0 Å². The summed E-state index contributed by atoms with van der Waals surface area (Å²) in [5.74, 6) is 0.283. The Labute approximate surface area is 282 Å². The molecule has 1 heterocycles. The van der Waals surface area contributed by atoms with Gasteiger partial charge in [-0.2, -0.15) is 0 Å². The predicted octanol–water partition coefficient (Wildman–Crippen LogP) is 6.25. The molecule has 0 amide bonds. The Kier molecular flexibility index (Phi) is 9.45. The number of aromatic hydroxyl groups is 3. The first kappa shape index (κ1) is 36.3. The first-order chi connectivity index (χ1) is 22.0. The summed E-state index contributed by atoms with van der Waals surface area (Å²) in [7, 11) is 0. The van der Waals surface area contributed by atoms with Gasteiger partial charge in [-0.25, -0.2) is 28.1 Å². The van der Waals surface area contributed by atoms with Crippen LogP contribution in [0.1, 0.15) is 112 Å². The van der Waals surface area contributed by atoms with Crippen molar-refractivity contribution < 1.29 is 15.3 Å². The summed E-state index contributed by atoms with van der Waals surface area (Å²) in [6, 6.07) is 10.8. The number of rotatable bonds is 6. The molecule has 0 unspecified atom stereocenters. The number of hydrogen-bond acceptors (Lipinski definition) is 6. The molecule has 0 atom stereocenters. The molecular weight excluding hydrogens is 606 g/mol. The Hall–Kier alpha value is -4.53. The molecule has 4 aromatic rings. The minimum absolute atomic E-state index is 0.0942. The van der Waals surface area contributed by atoms with E-state index in [0.29, 0.717) is 33.4 Å². The van der Waals surface area contributed by atoms with Crippen LogP contribution in [-0.4, -0.2) is 29.0 Å². The molecule has 0 spiro atoms. The fourth-order valence-corrected chi connectivity index (χ4v) is 6.15. The molecule has 3 N–H and O–H groups in total. The first-order valence-electron chi connectivity index (χ1n) is 16.4. The van der Waals surface area contributed by atoms with Crippen molar-refractivity contribution in [2.75, 3.05) is 0 Å². The molecule has 0 aliphatic rings. The van der Waals surface area contributed by atoms with E-state index in [1.807, 2.05) is 62.3 Å². The summed E-state index contributed by atoms with van der Waals surface area (Å²) in [5.41, 5.74) is 2.09. The molecule has 0 aliphatic carbocycles. The quantitative estimate of drug-likeness (QED) is 0.225. The highest BCUT2D eigenvalue weighted by Gasteiger charge is 2.25. The van der Waals surface area contributed by atoms with Crippen LogP contribution in [0.5, 0.6) is 17.2 Å². The van der Waals surface area contributed by atoms with E-state index in [0.717, 1.165) is 30.4 Å². The molecule has 0 aliphatic heterocycles. The van der Waals surface area contributed by atoms with Gasteiger partial charge in [-0.15, -0.1) is 0 Å². The van der Waals surface area contributed by atoms with Crippen LogP contribution >= 0.6 is 0 Å². The van der Waals surface area contributed by atoms with Crippen LogP contribution in [0, 0.1) is 20.8 Å². The van der Waals surface area contributed by atoms with Crippen molar-refractivity contribution >= 4 is 0 Å². The largest absolute Gasteiger partial charge is 0.507 e. The van der Waals surface area contributed by atoms with Crippen molar-refractivity contribution in [2.45, 2.75) is 119 Å². The predicted molar refractivity (Wildman–Crippen MR) is 191 cm³/mol. The number of benzene rings is 3. The molecule has 0 fully saturated rings. The van der Waals surface area contributed by atoms with Crippen LogP contribution in [0.4, 0.5) is 0 Å². The van der Waals surface area contributed by atoms with Crippen molar-refractivity contribution in [3.63, 3.8) is 0 Å². The highest BCUT2D eigenvalue weighted by atomic mass is 16.3. The fraction of sp³-hybridized carbons (Fsp3) is 0.462. The SMILES string of the molecule is Cc1c(Cn2c(=O)n(Cc3ccc(C(C)(C)C)c(O)c3C)c(=O)n(Cc3ccc(C(C)(C)C)c(O)c3C)c2=O)ccc(C(C)(C)C)c1O. The summed E-state index contributed by atoms with van der Waals surface area (Å²) in [4.78, 5) is 42.3. The summed E-state index contributed by atoms with van der Waals surface area (Å²) in [5, 5.41) is 33.2. The Balaban J connectivity index is 1.96. The van der Waals surface area contributed by atoms with Gasteiger partial charge < -0.3 is 15.3 Å². The Morgan fingerprint density at radius 1 is 0.438 bits per heavy atom. The molecular formula is C39H51N3O6. The first-order valence-corrected chi connectivity index (χ1v) is 16.4. The van der Waals surface area contributed by atoms with E-state index in [9.17, 15) is 29.7 Å². The molecule has 9 heteroatoms. The second-order valence-corrected chi connectivity index (χ2v) is 16.1. The number of aromatic nitrogens is 3. The smallest absolute Gasteiger partial charge is 0.336 e. The van der Waals surface area contributed by atoms with Gasteiger partial charge in [0.15, 0.2) is 0 Å². The number of nitrogens with zero attached hydrogens (tertiary/aromatic N) is 3. The maximum Gasteiger partial charge on any atom is 0.336 e. The van der Waals surface area contributed by atoms with E-state index in [1.54, 1.807) is 57.2 Å². The van der Waals surface area contributed by atoms with E-state index in [4.69, 9.17) is 0 Å². The van der Waals surface area contributed by atoms with Crippen LogP contribution in [0.3, 0.4) is 0 Å². The topological polar surface area (TPSA) is 127 Å². The zero-order chi connectivity index (χ0) is 36.3. The van der Waals surface area contributed by atoms with Crippen molar-refractivity contribution in [3.05, 3.63) is 118 Å². The maximum absolute atomic E-state index is 14.1. The number of phenolic OH excluding ortho intramolecular Hbond substituents is 3. The second-order valence-electron chi connectivity index (χ2n) is 16.1. The van der Waals surface area contributed by atoms with Crippen molar-refractivity contribution in [3.8, 4) is 17.2 Å². The van der Waals surface area contributed by atoms with E-state index in [-0.39, 0.29) is 53.1 Å². The molecule has 0 radical (unpaired) electrons. The molecule has 258 valence electrons. The lowest BCUT2D eigenvalue weighted by Gasteiger charge is -2.24. The summed E-state index contributed by atoms with van der Waals surface area (Å²) in [6.07, 6.45) is 0. The van der Waals surface area contributed by atoms with E-state index < -0.39 is 17.1 Å². The Morgan fingerprint density at radius 3 is 0.833 bits per heavy atom. The lowest BCUT2D eigenvalue weighted by molar-refractivity contribution is 0.438. The van der Waals surface area contributed by atoms with Crippen LogP contribution in [0.25, 0.3) is 0 Å². The molecule has 4 rings (SSSR count). The van der Waals surface area contributed by atoms with Gasteiger partial charge in [0.2, 0.25) is 0 Å². The van der Waals surface area contributed by atoms with Gasteiger partial charge in [-0.05, 0) is 87.1 Å². The Bertz CT molecular complexity index is 1810. The third-order valence-electron chi connectivity index (χ3n) is 9.42. The van der Waals surface area contributed by atoms with E-state index in [2.05, 4.69) is 0 Å². The zero-order valence-corrected chi connectivity index (χ0v) is 30.5. The molecule has 48 heavy (non-hydrogen) atoms. The fourth-order valence-electron chi connectivity index (χ4n) is 6.15. The molecule has 0 bridgehead atoms. The molecule has 3 aromatic carbocycles. The van der Waals surface area contributed by atoms with Gasteiger partial charge in [0.1, 0.15) is 17.2 Å². The maximum atomic E-state index is 14.1. The summed E-state index contributed by atoms with van der Waals surface area (Å²) < 4.78 is 3.03. The highest BCUT2D eigenvalue weighted by molar-refractivity contribution is 5.50. The molecule has 9 nitrogen and oxygen atoms in total. The third kappa shape index (κ3) is 6.73. The molecule has 0 saturated heterocycles. The van der Waals surface area contributed by atoms with Gasteiger partial charge >= 0.3 is 17.1 Å². The van der Waals surface area contributed by atoms with Gasteiger partial charge in [0, 0.05) is 0 Å².